The first kappa shape index (κ1) is 15.4. The van der Waals surface area contributed by atoms with Gasteiger partial charge in [0.25, 0.3) is 0 Å². The Morgan fingerprint density at radius 3 is 2.71 bits per heavy atom. The smallest absolute Gasteiger partial charge is 0.228 e. The molecule has 5 nitrogen and oxygen atoms in total. The van der Waals surface area contributed by atoms with Crippen molar-refractivity contribution in [1.82, 2.24) is 10.1 Å². The average Bonchev–Trinajstić information content (AvgIpc) is 2.86. The molecule has 0 bridgehead atoms. The Bertz CT molecular complexity index is 620. The van der Waals surface area contributed by atoms with Crippen molar-refractivity contribution in [2.45, 2.75) is 33.2 Å². The van der Waals surface area contributed by atoms with Crippen molar-refractivity contribution in [2.75, 3.05) is 7.11 Å². The van der Waals surface area contributed by atoms with E-state index in [1.165, 1.54) is 19.2 Å². The lowest BCUT2D eigenvalue weighted by Gasteiger charge is -2.25. The van der Waals surface area contributed by atoms with E-state index in [4.69, 9.17) is 15.0 Å². The van der Waals surface area contributed by atoms with Gasteiger partial charge in [-0.15, -0.1) is 0 Å². The van der Waals surface area contributed by atoms with E-state index in [0.717, 1.165) is 0 Å². The standard InChI is InChI=1S/C15H20FN3O2/c1-15(2,3)12(17)8-13-18-14(19-21-13)9-5-6-10(16)11(7-9)20-4/h5-7,12H,8,17H2,1-4H3. The molecule has 0 aliphatic carbocycles. The Labute approximate surface area is 123 Å². The minimum Gasteiger partial charge on any atom is -0.494 e. The number of hydrogen-bond donors (Lipinski definition) is 1. The maximum Gasteiger partial charge on any atom is 0.228 e. The van der Waals surface area contributed by atoms with Gasteiger partial charge in [0.05, 0.1) is 7.11 Å². The number of methoxy groups -OCH3 is 1. The molecule has 1 aromatic carbocycles. The Kier molecular flexibility index (Phi) is 4.27. The first-order chi connectivity index (χ1) is 9.81. The molecule has 0 aliphatic heterocycles. The fourth-order valence-corrected chi connectivity index (χ4v) is 1.75. The number of aromatic nitrogens is 2. The average molecular weight is 293 g/mol. The summed E-state index contributed by atoms with van der Waals surface area (Å²) in [5.41, 5.74) is 6.68. The quantitative estimate of drug-likeness (QED) is 0.938. The van der Waals surface area contributed by atoms with Gasteiger partial charge in [-0.3, -0.25) is 0 Å². The lowest BCUT2D eigenvalue weighted by molar-refractivity contribution is 0.286. The summed E-state index contributed by atoms with van der Waals surface area (Å²) in [6.45, 7) is 6.17. The number of nitrogens with two attached hydrogens (primary N) is 1. The minimum atomic E-state index is -0.431. The van der Waals surface area contributed by atoms with E-state index in [0.29, 0.717) is 23.7 Å². The third-order valence-corrected chi connectivity index (χ3v) is 3.38. The van der Waals surface area contributed by atoms with Crippen LogP contribution in [-0.2, 0) is 6.42 Å². The number of rotatable bonds is 4. The molecule has 2 aromatic rings. The van der Waals surface area contributed by atoms with Crippen LogP contribution in [0.5, 0.6) is 5.75 Å². The highest BCUT2D eigenvalue weighted by molar-refractivity contribution is 5.57. The predicted octanol–water partition coefficient (Wildman–Crippen LogP) is 2.80. The van der Waals surface area contributed by atoms with Crippen LogP contribution < -0.4 is 10.5 Å². The van der Waals surface area contributed by atoms with E-state index < -0.39 is 5.82 Å². The molecule has 0 saturated heterocycles. The van der Waals surface area contributed by atoms with Gasteiger partial charge in [-0.1, -0.05) is 25.9 Å². The van der Waals surface area contributed by atoms with Gasteiger partial charge in [0.2, 0.25) is 11.7 Å². The first-order valence-corrected chi connectivity index (χ1v) is 6.73. The maximum atomic E-state index is 13.4. The molecule has 0 radical (unpaired) electrons. The van der Waals surface area contributed by atoms with Gasteiger partial charge < -0.3 is 15.0 Å². The first-order valence-electron chi connectivity index (χ1n) is 6.73. The Morgan fingerprint density at radius 2 is 2.10 bits per heavy atom. The third kappa shape index (κ3) is 3.58. The molecular weight excluding hydrogens is 273 g/mol. The van der Waals surface area contributed by atoms with Gasteiger partial charge >= 0.3 is 0 Å². The second kappa shape index (κ2) is 5.81. The highest BCUT2D eigenvalue weighted by Gasteiger charge is 2.23. The fraction of sp³-hybridized carbons (Fsp3) is 0.467. The second-order valence-corrected chi connectivity index (χ2v) is 6.04. The molecule has 2 rings (SSSR count). The van der Waals surface area contributed by atoms with E-state index in [-0.39, 0.29) is 17.2 Å². The van der Waals surface area contributed by atoms with E-state index in [1.54, 1.807) is 6.07 Å². The zero-order valence-corrected chi connectivity index (χ0v) is 12.7. The molecule has 2 N–H and O–H groups in total. The van der Waals surface area contributed by atoms with Crippen molar-refractivity contribution < 1.29 is 13.7 Å². The maximum absolute atomic E-state index is 13.4. The Hall–Kier alpha value is -1.95. The van der Waals surface area contributed by atoms with Crippen LogP contribution in [0.1, 0.15) is 26.7 Å². The van der Waals surface area contributed by atoms with Crippen LogP contribution >= 0.6 is 0 Å². The second-order valence-electron chi connectivity index (χ2n) is 6.04. The number of halogens is 1. The summed E-state index contributed by atoms with van der Waals surface area (Å²) in [4.78, 5) is 4.30. The van der Waals surface area contributed by atoms with E-state index in [1.807, 2.05) is 0 Å². The summed E-state index contributed by atoms with van der Waals surface area (Å²) in [6.07, 6.45) is 0.495. The van der Waals surface area contributed by atoms with Gasteiger partial charge in [0.15, 0.2) is 11.6 Å². The Balaban J connectivity index is 2.20. The SMILES string of the molecule is COc1cc(-c2noc(CC(N)C(C)(C)C)n2)ccc1F. The van der Waals surface area contributed by atoms with Gasteiger partial charge in [0, 0.05) is 18.0 Å². The third-order valence-electron chi connectivity index (χ3n) is 3.38. The highest BCUT2D eigenvalue weighted by atomic mass is 19.1. The van der Waals surface area contributed by atoms with Crippen LogP contribution in [0.15, 0.2) is 22.7 Å². The molecule has 21 heavy (non-hydrogen) atoms. The topological polar surface area (TPSA) is 74.2 Å². The van der Waals surface area contributed by atoms with Crippen molar-refractivity contribution in [3.05, 3.63) is 29.9 Å². The molecule has 0 fully saturated rings. The highest BCUT2D eigenvalue weighted by Crippen LogP contribution is 2.25. The van der Waals surface area contributed by atoms with Gasteiger partial charge in [-0.2, -0.15) is 4.98 Å². The molecular formula is C15H20FN3O2. The summed E-state index contributed by atoms with van der Waals surface area (Å²) in [6, 6.07) is 4.34. The lowest BCUT2D eigenvalue weighted by Crippen LogP contribution is -2.36. The molecule has 0 amide bonds. The number of ether oxygens (including phenoxy) is 1. The molecule has 1 atom stereocenters. The molecule has 1 unspecified atom stereocenters. The van der Waals surface area contributed by atoms with Gasteiger partial charge in [0.1, 0.15) is 0 Å². The molecule has 0 spiro atoms. The van der Waals surface area contributed by atoms with Crippen molar-refractivity contribution >= 4 is 0 Å². The zero-order chi connectivity index (χ0) is 15.6. The monoisotopic (exact) mass is 293 g/mol. The van der Waals surface area contributed by atoms with Crippen molar-refractivity contribution in [3.8, 4) is 17.1 Å². The van der Waals surface area contributed by atoms with Crippen molar-refractivity contribution in [1.29, 1.82) is 0 Å². The fourth-order valence-electron chi connectivity index (χ4n) is 1.75. The largest absolute Gasteiger partial charge is 0.494 e. The van der Waals surface area contributed by atoms with Crippen LogP contribution in [0.25, 0.3) is 11.4 Å². The van der Waals surface area contributed by atoms with E-state index in [9.17, 15) is 4.39 Å². The number of hydrogen-bond acceptors (Lipinski definition) is 5. The van der Waals surface area contributed by atoms with Crippen LogP contribution in [0.4, 0.5) is 4.39 Å². The Morgan fingerprint density at radius 1 is 1.38 bits per heavy atom. The molecule has 6 heteroatoms. The summed E-state index contributed by atoms with van der Waals surface area (Å²) in [5.74, 6) is 0.574. The summed E-state index contributed by atoms with van der Waals surface area (Å²) in [7, 11) is 1.41. The van der Waals surface area contributed by atoms with Gasteiger partial charge in [-0.05, 0) is 23.6 Å². The van der Waals surface area contributed by atoms with Crippen molar-refractivity contribution in [3.63, 3.8) is 0 Å². The normalized spacial score (nSPS) is 13.2. The zero-order valence-electron chi connectivity index (χ0n) is 12.7. The van der Waals surface area contributed by atoms with Crippen LogP contribution in [-0.4, -0.2) is 23.3 Å². The summed E-state index contributed by atoms with van der Waals surface area (Å²) in [5, 5.41) is 3.91. The van der Waals surface area contributed by atoms with E-state index >= 15 is 0 Å². The molecule has 1 aromatic heterocycles. The minimum absolute atomic E-state index is 0.0479. The van der Waals surface area contributed by atoms with Crippen molar-refractivity contribution in [2.24, 2.45) is 11.1 Å². The van der Waals surface area contributed by atoms with E-state index in [2.05, 4.69) is 30.9 Å². The molecule has 1 heterocycles. The molecule has 0 saturated carbocycles. The van der Waals surface area contributed by atoms with Crippen LogP contribution in [0.3, 0.4) is 0 Å². The number of benzene rings is 1. The number of nitrogens with zero attached hydrogens (tertiary/aromatic N) is 2. The molecule has 114 valence electrons. The predicted molar refractivity (Wildman–Crippen MR) is 77.4 cm³/mol. The lowest BCUT2D eigenvalue weighted by atomic mass is 9.85. The summed E-state index contributed by atoms with van der Waals surface area (Å²) < 4.78 is 23.5. The van der Waals surface area contributed by atoms with Gasteiger partial charge in [-0.25, -0.2) is 4.39 Å². The van der Waals surface area contributed by atoms with Crippen LogP contribution in [0, 0.1) is 11.2 Å². The summed E-state index contributed by atoms with van der Waals surface area (Å²) >= 11 is 0. The van der Waals surface area contributed by atoms with Crippen LogP contribution in [0.2, 0.25) is 0 Å². The molecule has 0 aliphatic rings.